The zero-order valence-corrected chi connectivity index (χ0v) is 26.3. The van der Waals surface area contributed by atoms with Crippen LogP contribution in [0.1, 0.15) is 52.0 Å². The van der Waals surface area contributed by atoms with Crippen molar-refractivity contribution in [3.8, 4) is 22.1 Å². The molecule has 3 aromatic heterocycles. The van der Waals surface area contributed by atoms with Crippen molar-refractivity contribution in [2.45, 2.75) is 59.0 Å². The number of ether oxygens (including phenoxy) is 1. The molecule has 0 bridgehead atoms. The average molecular weight is 618 g/mol. The molecule has 0 aliphatic heterocycles. The summed E-state index contributed by atoms with van der Waals surface area (Å²) >= 11 is 1.50. The Morgan fingerprint density at radius 2 is 2.05 bits per heavy atom. The number of amides is 2. The van der Waals surface area contributed by atoms with Gasteiger partial charge in [-0.2, -0.15) is 0 Å². The molecular weight excluding hydrogens is 577 g/mol. The number of carbonyl (C=O) groups is 1. The van der Waals surface area contributed by atoms with Crippen molar-refractivity contribution >= 4 is 33.3 Å². The van der Waals surface area contributed by atoms with Crippen LogP contribution < -0.4 is 15.4 Å². The number of nitrogens with one attached hydrogen (secondary N) is 2. The number of rotatable bonds is 14. The molecule has 2 amide bonds. The van der Waals surface area contributed by atoms with Gasteiger partial charge < -0.3 is 20.5 Å². The van der Waals surface area contributed by atoms with Crippen molar-refractivity contribution in [3.63, 3.8) is 0 Å². The lowest BCUT2D eigenvalue weighted by Crippen LogP contribution is -2.30. The number of anilines is 1. The Kier molecular flexibility index (Phi) is 10.6. The number of urea groups is 1. The molecule has 0 unspecified atom stereocenters. The summed E-state index contributed by atoms with van der Waals surface area (Å²) < 4.78 is 21.7. The van der Waals surface area contributed by atoms with Crippen LogP contribution in [-0.2, 0) is 6.54 Å². The lowest BCUT2D eigenvalue weighted by Gasteiger charge is -2.24. The van der Waals surface area contributed by atoms with E-state index < -0.39 is 5.82 Å². The van der Waals surface area contributed by atoms with Gasteiger partial charge >= 0.3 is 6.03 Å². The number of aliphatic hydroxyl groups excluding tert-OH is 1. The molecule has 10 heteroatoms. The third kappa shape index (κ3) is 8.62. The van der Waals surface area contributed by atoms with E-state index in [0.29, 0.717) is 23.8 Å². The first kappa shape index (κ1) is 31.6. The normalized spacial score (nSPS) is 14.2. The van der Waals surface area contributed by atoms with Crippen LogP contribution in [0.2, 0.25) is 0 Å². The number of pyridine rings is 2. The minimum absolute atomic E-state index is 0.0630. The molecule has 44 heavy (non-hydrogen) atoms. The number of carbonyl (C=O) groups excluding carboxylic acids is 1. The number of nitrogens with zero attached hydrogens (tertiary/aromatic N) is 3. The Morgan fingerprint density at radius 3 is 2.75 bits per heavy atom. The summed E-state index contributed by atoms with van der Waals surface area (Å²) in [6.07, 6.45) is 9.57. The maximum Gasteiger partial charge on any atom is 0.319 e. The van der Waals surface area contributed by atoms with Crippen molar-refractivity contribution in [3.05, 3.63) is 77.9 Å². The maximum atomic E-state index is 14.9. The summed E-state index contributed by atoms with van der Waals surface area (Å²) in [5.41, 5.74) is 4.31. The minimum atomic E-state index is -0.573. The zero-order valence-electron chi connectivity index (χ0n) is 25.5. The number of hydrogen-bond donors (Lipinski definition) is 3. The summed E-state index contributed by atoms with van der Waals surface area (Å²) in [7, 11) is 0. The fourth-order valence-electron chi connectivity index (χ4n) is 5.16. The first-order chi connectivity index (χ1) is 21.3. The maximum absolute atomic E-state index is 14.9. The van der Waals surface area contributed by atoms with E-state index in [4.69, 9.17) is 9.72 Å². The van der Waals surface area contributed by atoms with Gasteiger partial charge in [0.05, 0.1) is 20.8 Å². The van der Waals surface area contributed by atoms with Gasteiger partial charge in [0.15, 0.2) is 11.6 Å². The Labute approximate surface area is 262 Å². The first-order valence-electron chi connectivity index (χ1n) is 15.2. The summed E-state index contributed by atoms with van der Waals surface area (Å²) in [6.45, 7) is 9.42. The molecule has 1 atom stereocenters. The Bertz CT molecular complexity index is 1600. The highest BCUT2D eigenvalue weighted by molar-refractivity contribution is 7.22. The Hall–Kier alpha value is -3.86. The van der Waals surface area contributed by atoms with Gasteiger partial charge in [0.1, 0.15) is 5.75 Å². The van der Waals surface area contributed by atoms with Crippen molar-refractivity contribution in [1.82, 2.24) is 20.2 Å². The Morgan fingerprint density at radius 1 is 1.20 bits per heavy atom. The van der Waals surface area contributed by atoms with Gasteiger partial charge in [0.2, 0.25) is 0 Å². The number of fused-ring (bicyclic) bond motifs is 1. The van der Waals surface area contributed by atoms with Crippen LogP contribution in [0.25, 0.3) is 20.8 Å². The van der Waals surface area contributed by atoms with E-state index >= 15 is 0 Å². The van der Waals surface area contributed by atoms with E-state index in [9.17, 15) is 14.3 Å². The predicted molar refractivity (Wildman–Crippen MR) is 175 cm³/mol. The van der Waals surface area contributed by atoms with Crippen molar-refractivity contribution < 1.29 is 19.0 Å². The molecule has 8 nitrogen and oxygen atoms in total. The van der Waals surface area contributed by atoms with Crippen LogP contribution in [0.15, 0.2) is 66.5 Å². The van der Waals surface area contributed by atoms with Gasteiger partial charge in [-0.3, -0.25) is 14.9 Å². The Balaban J connectivity index is 1.26. The van der Waals surface area contributed by atoms with Crippen LogP contribution in [0.3, 0.4) is 0 Å². The number of aliphatic hydroxyl groups is 1. The molecule has 5 rings (SSSR count). The van der Waals surface area contributed by atoms with Gasteiger partial charge in [0, 0.05) is 56.0 Å². The van der Waals surface area contributed by atoms with Crippen LogP contribution in [0, 0.1) is 11.7 Å². The van der Waals surface area contributed by atoms with Gasteiger partial charge in [-0.1, -0.05) is 31.6 Å². The minimum Gasteiger partial charge on any atom is -0.453 e. The zero-order chi connectivity index (χ0) is 31.1. The molecule has 0 radical (unpaired) electrons. The summed E-state index contributed by atoms with van der Waals surface area (Å²) in [6, 6.07) is 12.1. The van der Waals surface area contributed by atoms with E-state index in [1.54, 1.807) is 18.3 Å². The highest BCUT2D eigenvalue weighted by atomic mass is 32.1. The molecule has 4 aromatic rings. The molecule has 1 fully saturated rings. The molecule has 1 aliphatic rings. The molecule has 1 saturated carbocycles. The van der Waals surface area contributed by atoms with Crippen LogP contribution in [0.5, 0.6) is 11.5 Å². The third-order valence-corrected chi connectivity index (χ3v) is 8.50. The smallest absolute Gasteiger partial charge is 0.319 e. The fourth-order valence-corrected chi connectivity index (χ4v) is 6.20. The van der Waals surface area contributed by atoms with E-state index in [2.05, 4.69) is 53.4 Å². The van der Waals surface area contributed by atoms with Crippen molar-refractivity contribution in [2.24, 2.45) is 5.92 Å². The molecule has 1 aromatic carbocycles. The number of thiophene rings is 1. The molecule has 3 heterocycles. The van der Waals surface area contributed by atoms with Crippen LogP contribution >= 0.6 is 11.3 Å². The number of hydrogen-bond acceptors (Lipinski definition) is 7. The van der Waals surface area contributed by atoms with E-state index in [1.807, 2.05) is 18.3 Å². The summed E-state index contributed by atoms with van der Waals surface area (Å²) in [5, 5.41) is 14.7. The highest BCUT2D eigenvalue weighted by Gasteiger charge is 2.23. The summed E-state index contributed by atoms with van der Waals surface area (Å²) in [5.74, 6) is 0.384. The summed E-state index contributed by atoms with van der Waals surface area (Å²) in [4.78, 5) is 24.7. The molecule has 0 saturated heterocycles. The lowest BCUT2D eigenvalue weighted by atomic mass is 10.1. The largest absolute Gasteiger partial charge is 0.453 e. The van der Waals surface area contributed by atoms with Crippen molar-refractivity contribution in [1.29, 1.82) is 0 Å². The second-order valence-corrected chi connectivity index (χ2v) is 12.6. The van der Waals surface area contributed by atoms with Gasteiger partial charge in [0.25, 0.3) is 0 Å². The number of benzene rings is 1. The van der Waals surface area contributed by atoms with E-state index in [-0.39, 0.29) is 24.4 Å². The first-order valence-corrected chi connectivity index (χ1v) is 16.0. The van der Waals surface area contributed by atoms with Gasteiger partial charge in [-0.05, 0) is 74.9 Å². The molecule has 3 N–H and O–H groups in total. The SMILES string of the molecule is CCCN(Cc1ccc(-c2cc3nccc(Oc4ccc(NC(=O)NC5CC5)cc4F)c3s2)nc1)C[C@@H](C)/C=C(/C)CCO. The quantitative estimate of drug-likeness (QED) is 0.125. The van der Waals surface area contributed by atoms with E-state index in [0.717, 1.165) is 65.2 Å². The molecular formula is C34H40FN5O3S. The van der Waals surface area contributed by atoms with Crippen LogP contribution in [0.4, 0.5) is 14.9 Å². The molecule has 0 spiro atoms. The van der Waals surface area contributed by atoms with Crippen LogP contribution in [-0.4, -0.2) is 51.7 Å². The topological polar surface area (TPSA) is 99.6 Å². The predicted octanol–water partition coefficient (Wildman–Crippen LogP) is 7.75. The second-order valence-electron chi connectivity index (χ2n) is 11.5. The second kappa shape index (κ2) is 14.7. The van der Waals surface area contributed by atoms with Crippen molar-refractivity contribution in [2.75, 3.05) is 25.0 Å². The fraction of sp³-hybridized carbons (Fsp3) is 0.382. The van der Waals surface area contributed by atoms with Gasteiger partial charge in [-0.25, -0.2) is 9.18 Å². The van der Waals surface area contributed by atoms with E-state index in [1.165, 1.54) is 29.0 Å². The third-order valence-electron chi connectivity index (χ3n) is 7.34. The molecule has 232 valence electrons. The monoisotopic (exact) mass is 617 g/mol. The lowest BCUT2D eigenvalue weighted by molar-refractivity contribution is 0.244. The standard InChI is InChI=1S/C34H40FN5O3S/c1-4-14-40(20-23(3)16-22(2)12-15-41)21-24-5-9-28(37-19-24)32-18-29-33(44-32)31(11-13-36-29)43-30-10-8-26(17-27(30)35)39-34(42)38-25-6-7-25/h5,8-11,13,16-19,23,25,41H,4,6-7,12,14-15,20-21H2,1-3H3,(H2,38,39,42)/b22-16-/t23-/m0/s1. The highest BCUT2D eigenvalue weighted by Crippen LogP contribution is 2.39. The molecule has 1 aliphatic carbocycles. The average Bonchev–Trinajstić information content (AvgIpc) is 3.68. The number of aromatic nitrogens is 2. The van der Waals surface area contributed by atoms with Gasteiger partial charge in [-0.15, -0.1) is 11.3 Å². The number of halogens is 1.